The molecule has 0 fully saturated rings. The zero-order valence-electron chi connectivity index (χ0n) is 16.7. The highest BCUT2D eigenvalue weighted by Crippen LogP contribution is 2.26. The lowest BCUT2D eigenvalue weighted by Crippen LogP contribution is -2.26. The molecule has 0 atom stereocenters. The van der Waals surface area contributed by atoms with Crippen molar-refractivity contribution in [2.45, 2.75) is 6.54 Å². The van der Waals surface area contributed by atoms with Crippen molar-refractivity contribution in [3.05, 3.63) is 90.0 Å². The van der Waals surface area contributed by atoms with E-state index >= 15 is 0 Å². The molecule has 0 saturated heterocycles. The summed E-state index contributed by atoms with van der Waals surface area (Å²) in [7, 11) is 3.12. The van der Waals surface area contributed by atoms with Crippen LogP contribution in [-0.2, 0) is 6.54 Å². The van der Waals surface area contributed by atoms with Crippen molar-refractivity contribution in [2.75, 3.05) is 14.2 Å². The van der Waals surface area contributed by atoms with Crippen molar-refractivity contribution in [3.63, 3.8) is 0 Å². The Kier molecular flexibility index (Phi) is 5.39. The quantitative estimate of drug-likeness (QED) is 0.486. The lowest BCUT2D eigenvalue weighted by atomic mass is 10.0. The fraction of sp³-hybridized carbons (Fsp3) is 0.125. The van der Waals surface area contributed by atoms with Crippen LogP contribution in [0.15, 0.2) is 73.1 Å². The molecule has 0 aliphatic carbocycles. The number of benzene rings is 2. The van der Waals surface area contributed by atoms with E-state index in [0.29, 0.717) is 16.8 Å². The predicted octanol–water partition coefficient (Wildman–Crippen LogP) is 4.72. The summed E-state index contributed by atoms with van der Waals surface area (Å²) in [5.74, 6) is -0.444. The topological polar surface area (TPSA) is 55.3 Å². The van der Waals surface area contributed by atoms with Gasteiger partial charge in [-0.1, -0.05) is 24.3 Å². The van der Waals surface area contributed by atoms with Crippen LogP contribution in [0, 0.1) is 5.82 Å². The third kappa shape index (κ3) is 3.85. The van der Waals surface area contributed by atoms with Crippen LogP contribution in [0.3, 0.4) is 0 Å². The predicted molar refractivity (Wildman–Crippen MR) is 114 cm³/mol. The maximum absolute atomic E-state index is 14.0. The van der Waals surface area contributed by atoms with Gasteiger partial charge < -0.3 is 9.64 Å². The third-order valence-electron chi connectivity index (χ3n) is 4.91. The summed E-state index contributed by atoms with van der Waals surface area (Å²) in [5, 5.41) is 0.771. The Morgan fingerprint density at radius 2 is 1.83 bits per heavy atom. The highest BCUT2D eigenvalue weighted by Gasteiger charge is 2.18. The number of para-hydroxylation sites is 1. The lowest BCUT2D eigenvalue weighted by molar-refractivity contribution is 0.0787. The highest BCUT2D eigenvalue weighted by atomic mass is 19.1. The van der Waals surface area contributed by atoms with Gasteiger partial charge in [-0.05, 0) is 42.0 Å². The Bertz CT molecular complexity index is 1210. The molecule has 30 heavy (non-hydrogen) atoms. The van der Waals surface area contributed by atoms with Gasteiger partial charge in [-0.2, -0.15) is 0 Å². The van der Waals surface area contributed by atoms with Gasteiger partial charge in [0.05, 0.1) is 23.9 Å². The van der Waals surface area contributed by atoms with Crippen LogP contribution in [0.5, 0.6) is 5.75 Å². The molecular weight excluding hydrogens is 381 g/mol. The molecule has 5 nitrogen and oxygen atoms in total. The van der Waals surface area contributed by atoms with Crippen LogP contribution < -0.4 is 4.74 Å². The number of fused-ring (bicyclic) bond motifs is 1. The average molecular weight is 401 g/mol. The summed E-state index contributed by atoms with van der Waals surface area (Å²) in [5.41, 5.74) is 3.54. The number of hydrogen-bond acceptors (Lipinski definition) is 4. The minimum atomic E-state index is -0.454. The van der Waals surface area contributed by atoms with Crippen molar-refractivity contribution >= 4 is 16.8 Å². The molecule has 0 unspecified atom stereocenters. The largest absolute Gasteiger partial charge is 0.494 e. The van der Waals surface area contributed by atoms with E-state index in [1.54, 1.807) is 42.5 Å². The molecular formula is C24H20FN3O2. The summed E-state index contributed by atoms with van der Waals surface area (Å²) in [6.45, 7) is 0.265. The van der Waals surface area contributed by atoms with Crippen LogP contribution in [0.25, 0.3) is 22.2 Å². The van der Waals surface area contributed by atoms with Crippen LogP contribution >= 0.6 is 0 Å². The van der Waals surface area contributed by atoms with Crippen LogP contribution in [0.2, 0.25) is 0 Å². The summed E-state index contributed by atoms with van der Waals surface area (Å²) >= 11 is 0. The maximum Gasteiger partial charge on any atom is 0.254 e. The molecule has 0 saturated carbocycles. The molecule has 2 aromatic carbocycles. The third-order valence-corrected chi connectivity index (χ3v) is 4.91. The standard InChI is InChI=1S/C24H20FN3O2/c1-28(15-16-7-8-23(30-2)20(25)13-16)24(29)19-14-22(17-9-11-26-12-10-17)27-21-6-4-3-5-18(19)21/h3-14H,15H2,1-2H3. The molecule has 2 heterocycles. The molecule has 0 radical (unpaired) electrons. The first kappa shape index (κ1) is 19.5. The van der Waals surface area contributed by atoms with Gasteiger partial charge in [0.25, 0.3) is 5.91 Å². The number of hydrogen-bond donors (Lipinski definition) is 0. The van der Waals surface area contributed by atoms with E-state index in [4.69, 9.17) is 9.72 Å². The average Bonchev–Trinajstić information content (AvgIpc) is 2.78. The van der Waals surface area contributed by atoms with Crippen molar-refractivity contribution in [1.82, 2.24) is 14.9 Å². The van der Waals surface area contributed by atoms with E-state index in [1.807, 2.05) is 36.4 Å². The normalized spacial score (nSPS) is 10.8. The van der Waals surface area contributed by atoms with Gasteiger partial charge >= 0.3 is 0 Å². The second kappa shape index (κ2) is 8.29. The van der Waals surface area contributed by atoms with E-state index in [1.165, 1.54) is 13.2 Å². The Morgan fingerprint density at radius 3 is 2.57 bits per heavy atom. The second-order valence-corrected chi connectivity index (χ2v) is 6.94. The van der Waals surface area contributed by atoms with E-state index < -0.39 is 5.82 Å². The minimum absolute atomic E-state index is 0.167. The van der Waals surface area contributed by atoms with Gasteiger partial charge in [0, 0.05) is 36.9 Å². The lowest BCUT2D eigenvalue weighted by Gasteiger charge is -2.19. The number of methoxy groups -OCH3 is 1. The van der Waals surface area contributed by atoms with Crippen molar-refractivity contribution in [1.29, 1.82) is 0 Å². The van der Waals surface area contributed by atoms with Crippen molar-refractivity contribution in [3.8, 4) is 17.0 Å². The second-order valence-electron chi connectivity index (χ2n) is 6.94. The molecule has 1 amide bonds. The van der Waals surface area contributed by atoms with Gasteiger partial charge in [0.1, 0.15) is 0 Å². The molecule has 0 N–H and O–H groups in total. The Balaban J connectivity index is 1.70. The van der Waals surface area contributed by atoms with E-state index in [2.05, 4.69) is 4.98 Å². The number of carbonyl (C=O) groups excluding carboxylic acids is 1. The minimum Gasteiger partial charge on any atom is -0.494 e. The first-order valence-electron chi connectivity index (χ1n) is 9.45. The number of aromatic nitrogens is 2. The number of halogens is 1. The smallest absolute Gasteiger partial charge is 0.254 e. The van der Waals surface area contributed by atoms with Crippen LogP contribution in [0.4, 0.5) is 4.39 Å². The van der Waals surface area contributed by atoms with Crippen LogP contribution in [0.1, 0.15) is 15.9 Å². The molecule has 0 bridgehead atoms. The van der Waals surface area contributed by atoms with E-state index in [9.17, 15) is 9.18 Å². The van der Waals surface area contributed by atoms with Gasteiger partial charge in [0.15, 0.2) is 11.6 Å². The zero-order chi connectivity index (χ0) is 21.1. The number of rotatable bonds is 5. The van der Waals surface area contributed by atoms with E-state index in [-0.39, 0.29) is 18.2 Å². The number of pyridine rings is 2. The van der Waals surface area contributed by atoms with Gasteiger partial charge in [-0.3, -0.25) is 9.78 Å². The number of ether oxygens (including phenoxy) is 1. The Morgan fingerprint density at radius 1 is 1.07 bits per heavy atom. The molecule has 4 aromatic rings. The monoisotopic (exact) mass is 401 g/mol. The number of nitrogens with zero attached hydrogens (tertiary/aromatic N) is 3. The fourth-order valence-electron chi connectivity index (χ4n) is 3.38. The summed E-state index contributed by atoms with van der Waals surface area (Å²) in [4.78, 5) is 23.6. The maximum atomic E-state index is 14.0. The SMILES string of the molecule is COc1ccc(CN(C)C(=O)c2cc(-c3ccncc3)nc3ccccc23)cc1F. The van der Waals surface area contributed by atoms with Crippen molar-refractivity contribution < 1.29 is 13.9 Å². The van der Waals surface area contributed by atoms with Crippen molar-refractivity contribution in [2.24, 2.45) is 0 Å². The Labute approximate surface area is 173 Å². The van der Waals surface area contributed by atoms with Gasteiger partial charge in [-0.25, -0.2) is 9.37 Å². The molecule has 0 spiro atoms. The number of carbonyl (C=O) groups is 1. The molecule has 0 aliphatic heterocycles. The summed E-state index contributed by atoms with van der Waals surface area (Å²) in [6, 6.07) is 17.7. The molecule has 0 aliphatic rings. The molecule has 6 heteroatoms. The number of amides is 1. The van der Waals surface area contributed by atoms with Crippen LogP contribution in [-0.4, -0.2) is 34.9 Å². The molecule has 150 valence electrons. The van der Waals surface area contributed by atoms with Gasteiger partial charge in [-0.15, -0.1) is 0 Å². The summed E-state index contributed by atoms with van der Waals surface area (Å²) < 4.78 is 19.0. The zero-order valence-corrected chi connectivity index (χ0v) is 16.7. The Hall–Kier alpha value is -3.80. The first-order valence-corrected chi connectivity index (χ1v) is 9.45. The highest BCUT2D eigenvalue weighted by molar-refractivity contribution is 6.07. The van der Waals surface area contributed by atoms with Gasteiger partial charge in [0.2, 0.25) is 0 Å². The molecule has 4 rings (SSSR count). The first-order chi connectivity index (χ1) is 14.6. The molecule has 2 aromatic heterocycles. The summed E-state index contributed by atoms with van der Waals surface area (Å²) in [6.07, 6.45) is 3.39. The fourth-order valence-corrected chi connectivity index (χ4v) is 3.38. The van der Waals surface area contributed by atoms with E-state index in [0.717, 1.165) is 16.5 Å².